The fourth-order valence-electron chi connectivity index (χ4n) is 3.86. The number of pyridine rings is 1. The van der Waals surface area contributed by atoms with Crippen LogP contribution in [0.4, 0.5) is 10.6 Å². The van der Waals surface area contributed by atoms with Gasteiger partial charge >= 0.3 is 6.09 Å². The van der Waals surface area contributed by atoms with Crippen LogP contribution in [0.25, 0.3) is 10.8 Å². The van der Waals surface area contributed by atoms with E-state index in [1.54, 1.807) is 30.5 Å². The zero-order valence-corrected chi connectivity index (χ0v) is 15.4. The van der Waals surface area contributed by atoms with Gasteiger partial charge in [0, 0.05) is 18.1 Å². The molecule has 146 valence electrons. The average molecular weight is 390 g/mol. The highest BCUT2D eigenvalue weighted by atomic mass is 16.6. The molecule has 0 saturated carbocycles. The molecule has 8 nitrogen and oxygen atoms in total. The third-order valence-electron chi connectivity index (χ3n) is 5.21. The van der Waals surface area contributed by atoms with E-state index >= 15 is 0 Å². The van der Waals surface area contributed by atoms with Crippen molar-refractivity contribution in [3.63, 3.8) is 0 Å². The van der Waals surface area contributed by atoms with Crippen LogP contribution in [0.2, 0.25) is 0 Å². The second-order valence-corrected chi connectivity index (χ2v) is 7.08. The van der Waals surface area contributed by atoms with Gasteiger partial charge in [-0.05, 0) is 35.7 Å². The van der Waals surface area contributed by atoms with E-state index in [0.717, 1.165) is 16.6 Å². The molecule has 0 spiro atoms. The van der Waals surface area contributed by atoms with E-state index in [0.29, 0.717) is 30.2 Å². The van der Waals surface area contributed by atoms with Crippen molar-refractivity contribution < 1.29 is 19.1 Å². The Morgan fingerprint density at radius 3 is 2.79 bits per heavy atom. The molecule has 1 aromatic heterocycles. The minimum atomic E-state index is -0.567. The number of para-hydroxylation sites is 1. The van der Waals surface area contributed by atoms with Gasteiger partial charge in [-0.1, -0.05) is 18.2 Å². The first-order valence-electron chi connectivity index (χ1n) is 9.26. The van der Waals surface area contributed by atoms with E-state index in [9.17, 15) is 9.59 Å². The van der Waals surface area contributed by atoms with Gasteiger partial charge in [-0.3, -0.25) is 4.79 Å². The van der Waals surface area contributed by atoms with Crippen LogP contribution in [-0.4, -0.2) is 42.2 Å². The predicted octanol–water partition coefficient (Wildman–Crippen LogP) is 2.42. The molecule has 2 amide bonds. The number of carbonyl (C=O) groups excluding carboxylic acids is 2. The lowest BCUT2D eigenvalue weighted by Crippen LogP contribution is -2.32. The van der Waals surface area contributed by atoms with Crippen molar-refractivity contribution in [3.05, 3.63) is 60.3 Å². The first kappa shape index (κ1) is 17.3. The van der Waals surface area contributed by atoms with E-state index in [1.807, 2.05) is 24.3 Å². The summed E-state index contributed by atoms with van der Waals surface area (Å²) in [6.07, 6.45) is 1.10. The van der Waals surface area contributed by atoms with Crippen LogP contribution >= 0.6 is 0 Å². The maximum absolute atomic E-state index is 12.0. The SMILES string of the molecule is NC(=O)c1cc2ccnc(N3CC4NC(=O)OC4C3)c2cc1Oc1ccccc1. The van der Waals surface area contributed by atoms with Crippen molar-refractivity contribution in [1.82, 2.24) is 10.3 Å². The quantitative estimate of drug-likeness (QED) is 0.709. The molecule has 2 fully saturated rings. The first-order chi connectivity index (χ1) is 14.1. The number of ether oxygens (including phenoxy) is 2. The number of aromatic nitrogens is 1. The van der Waals surface area contributed by atoms with Crippen molar-refractivity contribution >= 4 is 28.6 Å². The highest BCUT2D eigenvalue weighted by molar-refractivity contribution is 6.03. The summed E-state index contributed by atoms with van der Waals surface area (Å²) in [6.45, 7) is 1.14. The molecular weight excluding hydrogens is 372 g/mol. The first-order valence-corrected chi connectivity index (χ1v) is 9.26. The van der Waals surface area contributed by atoms with Gasteiger partial charge in [0.05, 0.1) is 18.2 Å². The number of hydrogen-bond donors (Lipinski definition) is 2. The lowest BCUT2D eigenvalue weighted by atomic mass is 10.1. The molecule has 2 unspecified atom stereocenters. The van der Waals surface area contributed by atoms with Crippen LogP contribution in [-0.2, 0) is 4.74 Å². The minimum absolute atomic E-state index is 0.0653. The highest BCUT2D eigenvalue weighted by Gasteiger charge is 2.42. The van der Waals surface area contributed by atoms with Crippen molar-refractivity contribution in [3.8, 4) is 11.5 Å². The highest BCUT2D eigenvalue weighted by Crippen LogP contribution is 2.35. The van der Waals surface area contributed by atoms with Crippen LogP contribution in [0.5, 0.6) is 11.5 Å². The Morgan fingerprint density at radius 1 is 1.21 bits per heavy atom. The summed E-state index contributed by atoms with van der Waals surface area (Å²) >= 11 is 0. The lowest BCUT2D eigenvalue weighted by molar-refractivity contribution is 0.0998. The van der Waals surface area contributed by atoms with Gasteiger partial charge in [0.15, 0.2) is 0 Å². The van der Waals surface area contributed by atoms with Crippen LogP contribution in [0.15, 0.2) is 54.7 Å². The largest absolute Gasteiger partial charge is 0.457 e. The minimum Gasteiger partial charge on any atom is -0.457 e. The Kier molecular flexibility index (Phi) is 3.97. The van der Waals surface area contributed by atoms with Gasteiger partial charge in [0.2, 0.25) is 0 Å². The standard InChI is InChI=1S/C21H18N4O4/c22-19(26)15-8-12-6-7-23-20(25-10-16-18(11-25)29-21(27)24-16)14(12)9-17(15)28-13-4-2-1-3-5-13/h1-9,16,18H,10-11H2,(H2,22,26)(H,24,27). The third-order valence-corrected chi connectivity index (χ3v) is 5.21. The number of nitrogens with one attached hydrogen (secondary N) is 1. The normalized spacial score (nSPS) is 20.3. The lowest BCUT2D eigenvalue weighted by Gasteiger charge is -2.20. The maximum atomic E-state index is 12.0. The number of rotatable bonds is 4. The van der Waals surface area contributed by atoms with Gasteiger partial charge in [0.25, 0.3) is 5.91 Å². The summed E-state index contributed by atoms with van der Waals surface area (Å²) in [5.74, 6) is 1.15. The molecule has 0 aliphatic carbocycles. The molecule has 0 bridgehead atoms. The zero-order valence-electron chi connectivity index (χ0n) is 15.4. The molecule has 2 aliphatic rings. The molecule has 3 N–H and O–H groups in total. The smallest absolute Gasteiger partial charge is 0.407 e. The number of hydrogen-bond acceptors (Lipinski definition) is 6. The van der Waals surface area contributed by atoms with Crippen LogP contribution in [0.3, 0.4) is 0 Å². The third kappa shape index (κ3) is 3.08. The van der Waals surface area contributed by atoms with Crippen LogP contribution in [0, 0.1) is 0 Å². The van der Waals surface area contributed by atoms with E-state index < -0.39 is 5.91 Å². The Hall–Kier alpha value is -3.81. The average Bonchev–Trinajstić information content (AvgIpc) is 3.25. The Bertz CT molecular complexity index is 1100. The monoisotopic (exact) mass is 390 g/mol. The second-order valence-electron chi connectivity index (χ2n) is 7.08. The number of carbonyl (C=O) groups is 2. The topological polar surface area (TPSA) is 107 Å². The summed E-state index contributed by atoms with van der Waals surface area (Å²) in [5, 5.41) is 4.47. The molecule has 5 rings (SSSR count). The zero-order chi connectivity index (χ0) is 20.0. The van der Waals surface area contributed by atoms with Crippen molar-refractivity contribution in [2.75, 3.05) is 18.0 Å². The van der Waals surface area contributed by atoms with Gasteiger partial charge in [-0.25, -0.2) is 9.78 Å². The summed E-state index contributed by atoms with van der Waals surface area (Å²) in [5.41, 5.74) is 5.89. The second kappa shape index (κ2) is 6.66. The van der Waals surface area contributed by atoms with Crippen molar-refractivity contribution in [1.29, 1.82) is 0 Å². The molecule has 2 saturated heterocycles. The number of nitrogens with zero attached hydrogens (tertiary/aromatic N) is 2. The van der Waals surface area contributed by atoms with Crippen LogP contribution < -0.4 is 20.7 Å². The fraction of sp³-hybridized carbons (Fsp3) is 0.190. The summed E-state index contributed by atoms with van der Waals surface area (Å²) < 4.78 is 11.3. The molecule has 2 atom stereocenters. The Morgan fingerprint density at radius 2 is 2.03 bits per heavy atom. The van der Waals surface area contributed by atoms with E-state index in [4.69, 9.17) is 15.2 Å². The summed E-state index contributed by atoms with van der Waals surface area (Å²) in [6, 6.07) is 14.5. The molecule has 0 radical (unpaired) electrons. The van der Waals surface area contributed by atoms with E-state index in [2.05, 4.69) is 15.2 Å². The van der Waals surface area contributed by atoms with Gasteiger partial charge < -0.3 is 25.4 Å². The number of primary amides is 1. The molecule has 8 heteroatoms. The van der Waals surface area contributed by atoms with E-state index in [1.165, 1.54) is 0 Å². The number of fused-ring (bicyclic) bond motifs is 2. The van der Waals surface area contributed by atoms with Crippen LogP contribution in [0.1, 0.15) is 10.4 Å². The molecule has 3 heterocycles. The van der Waals surface area contributed by atoms with Crippen molar-refractivity contribution in [2.45, 2.75) is 12.1 Å². The Labute approximate surface area is 166 Å². The molecule has 2 aliphatic heterocycles. The molecular formula is C21H18N4O4. The molecule has 2 aromatic carbocycles. The molecule has 3 aromatic rings. The van der Waals surface area contributed by atoms with Gasteiger partial charge in [-0.15, -0.1) is 0 Å². The van der Waals surface area contributed by atoms with E-state index in [-0.39, 0.29) is 18.2 Å². The summed E-state index contributed by atoms with van der Waals surface area (Å²) in [7, 11) is 0. The maximum Gasteiger partial charge on any atom is 0.407 e. The predicted molar refractivity (Wildman–Crippen MR) is 106 cm³/mol. The number of benzene rings is 2. The fourth-order valence-corrected chi connectivity index (χ4v) is 3.86. The number of alkyl carbamates (subject to hydrolysis) is 1. The van der Waals surface area contributed by atoms with Gasteiger partial charge in [-0.2, -0.15) is 0 Å². The van der Waals surface area contributed by atoms with Gasteiger partial charge in [0.1, 0.15) is 23.4 Å². The molecule has 29 heavy (non-hydrogen) atoms. The summed E-state index contributed by atoms with van der Waals surface area (Å²) in [4.78, 5) is 30.0. The number of amides is 2. The number of anilines is 1. The van der Waals surface area contributed by atoms with Crippen molar-refractivity contribution in [2.24, 2.45) is 5.73 Å². The Balaban J connectivity index is 1.57. The number of nitrogens with two attached hydrogens (primary N) is 1.